The average Bonchev–Trinajstić information content (AvgIpc) is 2.97. The van der Waals surface area contributed by atoms with E-state index in [1.54, 1.807) is 12.3 Å². The van der Waals surface area contributed by atoms with Gasteiger partial charge in [0.25, 0.3) is 0 Å². The highest BCUT2D eigenvalue weighted by Crippen LogP contribution is 2.40. The molecule has 4 rings (SSSR count). The van der Waals surface area contributed by atoms with Gasteiger partial charge in [0.05, 0.1) is 5.02 Å². The molecule has 4 heteroatoms. The second-order valence-electron chi connectivity index (χ2n) is 4.80. The molecule has 1 aromatic carbocycles. The van der Waals surface area contributed by atoms with E-state index in [0.717, 1.165) is 12.1 Å². The van der Waals surface area contributed by atoms with Gasteiger partial charge < -0.3 is 4.74 Å². The number of aliphatic imine (C=N–C) groups is 1. The van der Waals surface area contributed by atoms with Gasteiger partial charge in [0, 0.05) is 12.6 Å². The Morgan fingerprint density at radius 3 is 2.89 bits per heavy atom. The fourth-order valence-corrected chi connectivity index (χ4v) is 2.84. The van der Waals surface area contributed by atoms with E-state index in [0.29, 0.717) is 10.9 Å². The smallest absolute Gasteiger partial charge is 0.236 e. The van der Waals surface area contributed by atoms with Gasteiger partial charge in [-0.25, -0.2) is 9.98 Å². The first-order chi connectivity index (χ1) is 9.31. The van der Waals surface area contributed by atoms with E-state index >= 15 is 0 Å². The number of ether oxygens (including phenoxy) is 1. The first-order valence-corrected chi connectivity index (χ1v) is 6.63. The zero-order valence-electron chi connectivity index (χ0n) is 10.1. The number of pyridine rings is 1. The molecular weight excluding hydrogens is 260 g/mol. The highest BCUT2D eigenvalue weighted by atomic mass is 35.5. The van der Waals surface area contributed by atoms with Crippen LogP contribution in [0.3, 0.4) is 0 Å². The lowest BCUT2D eigenvalue weighted by molar-refractivity contribution is 0.206. The van der Waals surface area contributed by atoms with Gasteiger partial charge in [0.2, 0.25) is 5.90 Å². The highest BCUT2D eigenvalue weighted by molar-refractivity contribution is 6.30. The van der Waals surface area contributed by atoms with E-state index in [-0.39, 0.29) is 12.1 Å². The second kappa shape index (κ2) is 4.07. The van der Waals surface area contributed by atoms with Crippen molar-refractivity contribution in [1.29, 1.82) is 0 Å². The molecule has 0 amide bonds. The molecule has 1 aliphatic carbocycles. The summed E-state index contributed by atoms with van der Waals surface area (Å²) in [6.45, 7) is 0. The Bertz CT molecular complexity index is 666. The quantitative estimate of drug-likeness (QED) is 0.798. The first kappa shape index (κ1) is 11.0. The fourth-order valence-electron chi connectivity index (χ4n) is 2.73. The zero-order valence-corrected chi connectivity index (χ0v) is 10.8. The molecule has 0 saturated carbocycles. The summed E-state index contributed by atoms with van der Waals surface area (Å²) in [4.78, 5) is 8.94. The Hall–Kier alpha value is -1.87. The molecule has 94 valence electrons. The summed E-state index contributed by atoms with van der Waals surface area (Å²) < 4.78 is 5.94. The third-order valence-corrected chi connectivity index (χ3v) is 3.84. The van der Waals surface area contributed by atoms with Crippen LogP contribution in [-0.4, -0.2) is 17.0 Å². The van der Waals surface area contributed by atoms with Gasteiger partial charge in [-0.2, -0.15) is 0 Å². The number of fused-ring (bicyclic) bond motifs is 3. The normalized spacial score (nSPS) is 23.5. The van der Waals surface area contributed by atoms with Crippen LogP contribution in [0.4, 0.5) is 0 Å². The van der Waals surface area contributed by atoms with Crippen molar-refractivity contribution in [3.05, 3.63) is 64.4 Å². The Balaban J connectivity index is 1.71. The van der Waals surface area contributed by atoms with Crippen molar-refractivity contribution in [2.45, 2.75) is 18.6 Å². The van der Waals surface area contributed by atoms with Gasteiger partial charge in [-0.3, -0.25) is 0 Å². The van der Waals surface area contributed by atoms with Gasteiger partial charge in [0.1, 0.15) is 17.8 Å². The van der Waals surface area contributed by atoms with Crippen molar-refractivity contribution in [3.8, 4) is 0 Å². The van der Waals surface area contributed by atoms with Gasteiger partial charge in [-0.1, -0.05) is 35.9 Å². The molecule has 19 heavy (non-hydrogen) atoms. The largest absolute Gasteiger partial charge is 0.470 e. The third kappa shape index (κ3) is 1.73. The minimum absolute atomic E-state index is 0.115. The van der Waals surface area contributed by atoms with Crippen molar-refractivity contribution < 1.29 is 4.74 Å². The molecule has 1 aliphatic heterocycles. The Labute approximate surface area is 115 Å². The lowest BCUT2D eigenvalue weighted by Crippen LogP contribution is -2.14. The molecule has 0 saturated heterocycles. The van der Waals surface area contributed by atoms with Crippen LogP contribution in [-0.2, 0) is 11.2 Å². The highest BCUT2D eigenvalue weighted by Gasteiger charge is 2.39. The van der Waals surface area contributed by atoms with Crippen LogP contribution in [0.2, 0.25) is 5.02 Å². The number of rotatable bonds is 1. The minimum Gasteiger partial charge on any atom is -0.470 e. The van der Waals surface area contributed by atoms with Crippen molar-refractivity contribution in [2.24, 2.45) is 4.99 Å². The van der Waals surface area contributed by atoms with E-state index in [2.05, 4.69) is 34.2 Å². The topological polar surface area (TPSA) is 34.5 Å². The number of hydrogen-bond acceptors (Lipinski definition) is 3. The molecule has 2 atom stereocenters. The van der Waals surface area contributed by atoms with Crippen LogP contribution < -0.4 is 0 Å². The molecule has 0 spiro atoms. The second-order valence-corrected chi connectivity index (χ2v) is 5.24. The maximum absolute atomic E-state index is 5.94. The summed E-state index contributed by atoms with van der Waals surface area (Å²) >= 11 is 5.84. The summed E-state index contributed by atoms with van der Waals surface area (Å²) in [6, 6.07) is 12.1. The van der Waals surface area contributed by atoms with Crippen LogP contribution in [0, 0.1) is 0 Å². The van der Waals surface area contributed by atoms with Crippen LogP contribution in [0.25, 0.3) is 0 Å². The number of nitrogens with zero attached hydrogens (tertiary/aromatic N) is 2. The van der Waals surface area contributed by atoms with Gasteiger partial charge in [-0.05, 0) is 23.3 Å². The molecule has 0 fully saturated rings. The van der Waals surface area contributed by atoms with Crippen LogP contribution in [0.15, 0.2) is 47.6 Å². The maximum atomic E-state index is 5.94. The van der Waals surface area contributed by atoms with Crippen LogP contribution in [0.5, 0.6) is 0 Å². The molecule has 0 radical (unpaired) electrons. The minimum atomic E-state index is 0.115. The van der Waals surface area contributed by atoms with E-state index < -0.39 is 0 Å². The Kier molecular flexibility index (Phi) is 2.35. The monoisotopic (exact) mass is 270 g/mol. The number of halogens is 1. The van der Waals surface area contributed by atoms with E-state index in [9.17, 15) is 0 Å². The van der Waals surface area contributed by atoms with E-state index in [1.165, 1.54) is 11.1 Å². The molecule has 1 aromatic heterocycles. The standard InChI is InChI=1S/C15H11ClN2O/c16-10-5-6-12(17-8-10)15-18-14-11-4-2-1-3-9(11)7-13(14)19-15/h1-6,8,13-14H,7H2/t13-,14+/m0/s1. The van der Waals surface area contributed by atoms with Crippen molar-refractivity contribution in [1.82, 2.24) is 4.98 Å². The van der Waals surface area contributed by atoms with Crippen molar-refractivity contribution in [3.63, 3.8) is 0 Å². The number of hydrogen-bond donors (Lipinski definition) is 0. The van der Waals surface area contributed by atoms with Gasteiger partial charge >= 0.3 is 0 Å². The van der Waals surface area contributed by atoms with Gasteiger partial charge in [-0.15, -0.1) is 0 Å². The number of aromatic nitrogens is 1. The lowest BCUT2D eigenvalue weighted by atomic mass is 10.1. The predicted molar refractivity (Wildman–Crippen MR) is 73.5 cm³/mol. The summed E-state index contributed by atoms with van der Waals surface area (Å²) in [5.41, 5.74) is 3.36. The molecule has 3 nitrogen and oxygen atoms in total. The van der Waals surface area contributed by atoms with Crippen LogP contribution >= 0.6 is 11.6 Å². The summed E-state index contributed by atoms with van der Waals surface area (Å²) in [7, 11) is 0. The molecule has 2 aromatic rings. The van der Waals surface area contributed by atoms with Crippen molar-refractivity contribution in [2.75, 3.05) is 0 Å². The molecule has 0 N–H and O–H groups in total. The fraction of sp³-hybridized carbons (Fsp3) is 0.200. The van der Waals surface area contributed by atoms with E-state index in [1.807, 2.05) is 6.07 Å². The maximum Gasteiger partial charge on any atom is 0.236 e. The van der Waals surface area contributed by atoms with Crippen molar-refractivity contribution >= 4 is 17.5 Å². The van der Waals surface area contributed by atoms with Gasteiger partial charge in [0.15, 0.2) is 0 Å². The molecule has 0 unspecified atom stereocenters. The van der Waals surface area contributed by atoms with E-state index in [4.69, 9.17) is 16.3 Å². The summed E-state index contributed by atoms with van der Waals surface area (Å²) in [6.07, 6.45) is 2.65. The third-order valence-electron chi connectivity index (χ3n) is 3.61. The average molecular weight is 271 g/mol. The summed E-state index contributed by atoms with van der Waals surface area (Å²) in [5.74, 6) is 0.626. The van der Waals surface area contributed by atoms with Crippen LogP contribution in [0.1, 0.15) is 22.9 Å². The lowest BCUT2D eigenvalue weighted by Gasteiger charge is -2.08. The molecule has 2 aliphatic rings. The first-order valence-electron chi connectivity index (χ1n) is 6.25. The molecule has 0 bridgehead atoms. The molecule has 2 heterocycles. The SMILES string of the molecule is Clc1ccc(C2=N[C@@H]3c4ccccc4C[C@@H]3O2)nc1. The Morgan fingerprint density at radius 2 is 2.05 bits per heavy atom. The zero-order chi connectivity index (χ0) is 12.8. The summed E-state index contributed by atoms with van der Waals surface area (Å²) in [5, 5.41) is 0.618. The molecular formula is C15H11ClN2O. The number of benzene rings is 1. The predicted octanol–water partition coefficient (Wildman–Crippen LogP) is 3.18. The Morgan fingerprint density at radius 1 is 1.16 bits per heavy atom.